The monoisotopic (exact) mass is 321 g/mol. The zero-order chi connectivity index (χ0) is 16.4. The van der Waals surface area contributed by atoms with Crippen molar-refractivity contribution in [1.82, 2.24) is 9.88 Å². The molecule has 5 heteroatoms. The van der Waals surface area contributed by atoms with E-state index in [1.54, 1.807) is 12.4 Å². The smallest absolute Gasteiger partial charge is 0.267 e. The summed E-state index contributed by atoms with van der Waals surface area (Å²) in [4.78, 5) is 24.4. The normalized spacial score (nSPS) is 23.0. The molecule has 3 heterocycles. The van der Waals surface area contributed by atoms with Crippen LogP contribution in [0.2, 0.25) is 0 Å². The van der Waals surface area contributed by atoms with Gasteiger partial charge in [0.2, 0.25) is 6.10 Å². The first-order chi connectivity index (χ1) is 11.8. The molecule has 0 bridgehead atoms. The van der Waals surface area contributed by atoms with Crippen molar-refractivity contribution in [2.45, 2.75) is 31.4 Å². The summed E-state index contributed by atoms with van der Waals surface area (Å²) in [5, 5.41) is 4.14. The molecule has 0 spiro atoms. The summed E-state index contributed by atoms with van der Waals surface area (Å²) in [6.07, 6.45) is 5.57. The summed E-state index contributed by atoms with van der Waals surface area (Å²) in [5.74, 6) is 0.0315. The van der Waals surface area contributed by atoms with E-state index in [2.05, 4.69) is 10.1 Å². The highest BCUT2D eigenvalue weighted by molar-refractivity contribution is 6.04. The standard InChI is InChI=1S/C19H19N3O2/c23-19(18-13-16(21-24-18)14-5-2-1-3-6-14)22-12-4-7-17(22)15-8-10-20-11-9-15/h1-3,5-6,8-11,17-18H,4,7,12-13H2/t17-,18+/m1/s1. The van der Waals surface area contributed by atoms with Crippen LogP contribution >= 0.6 is 0 Å². The fraction of sp³-hybridized carbons (Fsp3) is 0.316. The first-order valence-electron chi connectivity index (χ1n) is 8.31. The van der Waals surface area contributed by atoms with E-state index < -0.39 is 6.10 Å². The number of amides is 1. The van der Waals surface area contributed by atoms with Crippen molar-refractivity contribution in [3.8, 4) is 0 Å². The Morgan fingerprint density at radius 2 is 1.92 bits per heavy atom. The minimum absolute atomic E-state index is 0.0315. The highest BCUT2D eigenvalue weighted by Gasteiger charge is 2.38. The van der Waals surface area contributed by atoms with Crippen LogP contribution in [-0.4, -0.2) is 34.2 Å². The summed E-state index contributed by atoms with van der Waals surface area (Å²) in [7, 11) is 0. The number of hydrogen-bond acceptors (Lipinski definition) is 4. The maximum atomic E-state index is 12.9. The molecule has 0 N–H and O–H groups in total. The third-order valence-corrected chi connectivity index (χ3v) is 4.68. The number of likely N-dealkylation sites (tertiary alicyclic amines) is 1. The molecule has 122 valence electrons. The van der Waals surface area contributed by atoms with Crippen LogP contribution < -0.4 is 0 Å². The van der Waals surface area contributed by atoms with E-state index >= 15 is 0 Å². The number of pyridine rings is 1. The van der Waals surface area contributed by atoms with E-state index in [1.165, 1.54) is 0 Å². The minimum Gasteiger partial charge on any atom is -0.382 e. The average molecular weight is 321 g/mol. The zero-order valence-electron chi connectivity index (χ0n) is 13.3. The molecule has 0 radical (unpaired) electrons. The molecule has 4 rings (SSSR count). The van der Waals surface area contributed by atoms with Crippen LogP contribution in [0.25, 0.3) is 0 Å². The highest BCUT2D eigenvalue weighted by atomic mass is 16.6. The first kappa shape index (κ1) is 14.9. The molecule has 2 aromatic rings. The van der Waals surface area contributed by atoms with Gasteiger partial charge in [0.15, 0.2) is 0 Å². The SMILES string of the molecule is O=C([C@@H]1CC(c2ccccc2)=NO1)N1CCC[C@@H]1c1ccncc1. The molecule has 24 heavy (non-hydrogen) atoms. The largest absolute Gasteiger partial charge is 0.382 e. The van der Waals surface area contributed by atoms with Crippen molar-refractivity contribution in [2.24, 2.45) is 5.16 Å². The predicted molar refractivity (Wildman–Crippen MR) is 90.4 cm³/mol. The molecule has 1 aromatic heterocycles. The van der Waals surface area contributed by atoms with Crippen molar-refractivity contribution in [3.05, 3.63) is 66.0 Å². The number of benzene rings is 1. The van der Waals surface area contributed by atoms with Gasteiger partial charge < -0.3 is 9.74 Å². The Morgan fingerprint density at radius 1 is 1.12 bits per heavy atom. The van der Waals surface area contributed by atoms with Gasteiger partial charge in [0.25, 0.3) is 5.91 Å². The van der Waals surface area contributed by atoms with Crippen molar-refractivity contribution in [3.63, 3.8) is 0 Å². The molecule has 2 aliphatic heterocycles. The Kier molecular flexibility index (Phi) is 3.99. The Hall–Kier alpha value is -2.69. The van der Waals surface area contributed by atoms with E-state index in [0.717, 1.165) is 36.2 Å². The molecule has 2 atom stereocenters. The third kappa shape index (κ3) is 2.77. The number of rotatable bonds is 3. The van der Waals surface area contributed by atoms with Crippen molar-refractivity contribution in [1.29, 1.82) is 0 Å². The third-order valence-electron chi connectivity index (χ3n) is 4.68. The molecule has 1 saturated heterocycles. The Morgan fingerprint density at radius 3 is 2.71 bits per heavy atom. The topological polar surface area (TPSA) is 54.8 Å². The van der Waals surface area contributed by atoms with Gasteiger partial charge in [0.05, 0.1) is 11.8 Å². The van der Waals surface area contributed by atoms with E-state index in [1.807, 2.05) is 47.4 Å². The van der Waals surface area contributed by atoms with E-state index in [9.17, 15) is 4.79 Å². The van der Waals surface area contributed by atoms with Gasteiger partial charge in [-0.25, -0.2) is 0 Å². The molecule has 1 aromatic carbocycles. The van der Waals surface area contributed by atoms with Gasteiger partial charge in [-0.15, -0.1) is 0 Å². The van der Waals surface area contributed by atoms with Crippen molar-refractivity contribution >= 4 is 11.6 Å². The second-order valence-electron chi connectivity index (χ2n) is 6.17. The second-order valence-corrected chi connectivity index (χ2v) is 6.17. The van der Waals surface area contributed by atoms with Crippen LogP contribution in [0.15, 0.2) is 60.0 Å². The van der Waals surface area contributed by atoms with Crippen LogP contribution in [0.3, 0.4) is 0 Å². The molecule has 1 amide bonds. The lowest BCUT2D eigenvalue weighted by atomic mass is 10.0. The number of hydrogen-bond donors (Lipinski definition) is 0. The zero-order valence-corrected chi connectivity index (χ0v) is 13.3. The van der Waals surface area contributed by atoms with Gasteiger partial charge in [0, 0.05) is 25.4 Å². The van der Waals surface area contributed by atoms with E-state index in [0.29, 0.717) is 6.42 Å². The van der Waals surface area contributed by atoms with Gasteiger partial charge in [-0.2, -0.15) is 0 Å². The summed E-state index contributed by atoms with van der Waals surface area (Å²) < 4.78 is 0. The minimum atomic E-state index is -0.511. The maximum Gasteiger partial charge on any atom is 0.267 e. The number of carbonyl (C=O) groups is 1. The quantitative estimate of drug-likeness (QED) is 0.873. The molecule has 5 nitrogen and oxygen atoms in total. The summed E-state index contributed by atoms with van der Waals surface area (Å²) in [5.41, 5.74) is 2.99. The van der Waals surface area contributed by atoms with Crippen molar-refractivity contribution in [2.75, 3.05) is 6.54 Å². The lowest BCUT2D eigenvalue weighted by Gasteiger charge is -2.26. The van der Waals surface area contributed by atoms with Gasteiger partial charge in [-0.3, -0.25) is 9.78 Å². The molecule has 0 aliphatic carbocycles. The van der Waals surface area contributed by atoms with Crippen molar-refractivity contribution < 1.29 is 9.63 Å². The lowest BCUT2D eigenvalue weighted by molar-refractivity contribution is -0.143. The molecule has 2 aliphatic rings. The molecular weight excluding hydrogens is 302 g/mol. The summed E-state index contributed by atoms with van der Waals surface area (Å²) in [6, 6.07) is 14.0. The molecule has 1 fully saturated rings. The van der Waals surface area contributed by atoms with Crippen LogP contribution in [0.5, 0.6) is 0 Å². The molecule has 0 unspecified atom stereocenters. The number of aromatic nitrogens is 1. The number of nitrogens with zero attached hydrogens (tertiary/aromatic N) is 3. The molecule has 0 saturated carbocycles. The van der Waals surface area contributed by atoms with E-state index in [4.69, 9.17) is 4.84 Å². The number of oxime groups is 1. The first-order valence-corrected chi connectivity index (χ1v) is 8.31. The Balaban J connectivity index is 1.47. The lowest BCUT2D eigenvalue weighted by Crippen LogP contribution is -2.38. The second kappa shape index (κ2) is 6.43. The molecular formula is C19H19N3O2. The van der Waals surface area contributed by atoms with Crippen LogP contribution in [-0.2, 0) is 9.63 Å². The average Bonchev–Trinajstić information content (AvgIpc) is 3.32. The summed E-state index contributed by atoms with van der Waals surface area (Å²) in [6.45, 7) is 0.770. The van der Waals surface area contributed by atoms with Crippen LogP contribution in [0, 0.1) is 0 Å². The van der Waals surface area contributed by atoms with E-state index in [-0.39, 0.29) is 11.9 Å². The van der Waals surface area contributed by atoms with Crippen LogP contribution in [0.1, 0.15) is 36.4 Å². The van der Waals surface area contributed by atoms with Gasteiger partial charge >= 0.3 is 0 Å². The van der Waals surface area contributed by atoms with Gasteiger partial charge in [-0.1, -0.05) is 35.5 Å². The highest BCUT2D eigenvalue weighted by Crippen LogP contribution is 2.33. The van der Waals surface area contributed by atoms with Gasteiger partial charge in [-0.05, 0) is 36.1 Å². The maximum absolute atomic E-state index is 12.9. The van der Waals surface area contributed by atoms with Gasteiger partial charge in [0.1, 0.15) is 0 Å². The Bertz CT molecular complexity index is 746. The fourth-order valence-electron chi connectivity index (χ4n) is 3.46. The number of carbonyl (C=O) groups excluding carboxylic acids is 1. The van der Waals surface area contributed by atoms with Crippen LogP contribution in [0.4, 0.5) is 0 Å². The summed E-state index contributed by atoms with van der Waals surface area (Å²) >= 11 is 0. The fourth-order valence-corrected chi connectivity index (χ4v) is 3.46. The predicted octanol–water partition coefficient (Wildman–Crippen LogP) is 2.94. The Labute approximate surface area is 141 Å².